The van der Waals surface area contributed by atoms with Gasteiger partial charge in [-0.05, 0) is 85.8 Å². The Bertz CT molecular complexity index is 1350. The number of pyridine rings is 2. The van der Waals surface area contributed by atoms with E-state index in [0.717, 1.165) is 48.3 Å². The fourth-order valence-electron chi connectivity index (χ4n) is 4.38. The van der Waals surface area contributed by atoms with Gasteiger partial charge in [0.15, 0.2) is 0 Å². The predicted octanol–water partition coefficient (Wildman–Crippen LogP) is 6.71. The summed E-state index contributed by atoms with van der Waals surface area (Å²) in [4.78, 5) is 23.2. The monoisotopic (exact) mass is 523 g/mol. The minimum Gasteiger partial charge on any atom is -0.490 e. The van der Waals surface area contributed by atoms with Crippen LogP contribution in [0, 0.1) is 13.8 Å². The number of hydrogen-bond donors (Lipinski definition) is 0. The number of aryl methyl sites for hydroxylation is 4. The van der Waals surface area contributed by atoms with Crippen LogP contribution in [0.3, 0.4) is 0 Å². The summed E-state index contributed by atoms with van der Waals surface area (Å²) < 4.78 is 17.5. The van der Waals surface area contributed by atoms with E-state index in [1.165, 1.54) is 5.56 Å². The highest BCUT2D eigenvalue weighted by molar-refractivity contribution is 5.70. The number of nitrogens with zero attached hydrogens (tertiary/aromatic N) is 3. The zero-order valence-electron chi connectivity index (χ0n) is 22.4. The molecule has 7 heteroatoms. The van der Waals surface area contributed by atoms with Crippen LogP contribution >= 0.6 is 0 Å². The molecule has 1 aliphatic heterocycles. The molecule has 1 saturated heterocycles. The van der Waals surface area contributed by atoms with Gasteiger partial charge >= 0.3 is 6.09 Å². The number of benzene rings is 2. The van der Waals surface area contributed by atoms with Gasteiger partial charge < -0.3 is 19.1 Å². The lowest BCUT2D eigenvalue weighted by Gasteiger charge is -2.31. The van der Waals surface area contributed by atoms with E-state index >= 15 is 0 Å². The molecule has 7 nitrogen and oxygen atoms in total. The molecule has 0 bridgehead atoms. The van der Waals surface area contributed by atoms with E-state index in [9.17, 15) is 4.79 Å². The van der Waals surface area contributed by atoms with Crippen LogP contribution in [0.4, 0.5) is 4.79 Å². The quantitative estimate of drug-likeness (QED) is 0.255. The number of hydrogen-bond acceptors (Lipinski definition) is 6. The van der Waals surface area contributed by atoms with E-state index in [-0.39, 0.29) is 12.2 Å². The summed E-state index contributed by atoms with van der Waals surface area (Å²) in [6.45, 7) is 5.20. The molecule has 0 radical (unpaired) electrons. The molecule has 5 rings (SSSR count). The molecule has 0 N–H and O–H groups in total. The molecule has 1 aliphatic rings. The van der Waals surface area contributed by atoms with E-state index in [0.29, 0.717) is 30.5 Å². The molecule has 0 atom stereocenters. The molecule has 39 heavy (non-hydrogen) atoms. The van der Waals surface area contributed by atoms with Gasteiger partial charge in [-0.2, -0.15) is 0 Å². The number of aromatic nitrogens is 2. The summed E-state index contributed by atoms with van der Waals surface area (Å²) in [5.74, 6) is 2.59. The lowest BCUT2D eigenvalue weighted by atomic mass is 10.1. The van der Waals surface area contributed by atoms with Crippen molar-refractivity contribution in [3.8, 4) is 23.1 Å². The van der Waals surface area contributed by atoms with Gasteiger partial charge in [-0.15, -0.1) is 0 Å². The minimum absolute atomic E-state index is 0.0434. The Labute approximate surface area is 229 Å². The number of carbonyl (C=O) groups excluding carboxylic acids is 1. The van der Waals surface area contributed by atoms with Crippen LogP contribution < -0.4 is 14.2 Å². The van der Waals surface area contributed by atoms with E-state index in [2.05, 4.69) is 22.1 Å². The number of carbonyl (C=O) groups is 1. The average Bonchev–Trinajstić information content (AvgIpc) is 2.96. The number of piperidine rings is 1. The van der Waals surface area contributed by atoms with E-state index in [1.807, 2.05) is 80.7 Å². The molecule has 3 heterocycles. The molecule has 200 valence electrons. The second kappa shape index (κ2) is 12.4. The second-order valence-corrected chi connectivity index (χ2v) is 9.89. The number of amides is 1. The SMILES string of the molecule is Cc1ccc(CCc2ccc(OC(=O)N3CCC(Oc4ccc(Oc5ccc(C)cn5)cc4)CC3)cc2)nc1. The highest BCUT2D eigenvalue weighted by atomic mass is 16.6. The number of rotatable bonds is 8. The standard InChI is InChI=1S/C32H33N3O4/c1-23-3-8-26(33-21-23)9-5-25-6-10-29(11-7-25)39-32(36)35-19-17-30(18-20-35)37-27-12-14-28(15-13-27)38-31-16-4-24(2)22-34-31/h3-4,6-8,10-16,21-22,30H,5,9,17-20H2,1-2H3. The van der Waals surface area contributed by atoms with Gasteiger partial charge in [0.25, 0.3) is 0 Å². The lowest BCUT2D eigenvalue weighted by Crippen LogP contribution is -2.43. The predicted molar refractivity (Wildman–Crippen MR) is 150 cm³/mol. The minimum atomic E-state index is -0.323. The fraction of sp³-hybridized carbons (Fsp3) is 0.281. The number of ether oxygens (including phenoxy) is 3. The van der Waals surface area contributed by atoms with E-state index in [4.69, 9.17) is 14.2 Å². The van der Waals surface area contributed by atoms with Crippen molar-refractivity contribution in [1.29, 1.82) is 0 Å². The first-order valence-corrected chi connectivity index (χ1v) is 13.3. The zero-order chi connectivity index (χ0) is 27.0. The average molecular weight is 524 g/mol. The van der Waals surface area contributed by atoms with E-state index < -0.39 is 0 Å². The van der Waals surface area contributed by atoms with Gasteiger partial charge in [0.05, 0.1) is 0 Å². The molecular formula is C32H33N3O4. The van der Waals surface area contributed by atoms with Gasteiger partial charge in [-0.3, -0.25) is 4.98 Å². The molecular weight excluding hydrogens is 490 g/mol. The van der Waals surface area contributed by atoms with Crippen LogP contribution in [0.25, 0.3) is 0 Å². The molecule has 0 saturated carbocycles. The smallest absolute Gasteiger partial charge is 0.415 e. The molecule has 1 fully saturated rings. The normalized spacial score (nSPS) is 13.6. The summed E-state index contributed by atoms with van der Waals surface area (Å²) in [6, 6.07) is 23.2. The van der Waals surface area contributed by atoms with Gasteiger partial charge in [-0.25, -0.2) is 9.78 Å². The Morgan fingerprint density at radius 1 is 0.769 bits per heavy atom. The van der Waals surface area contributed by atoms with Crippen molar-refractivity contribution in [3.63, 3.8) is 0 Å². The van der Waals surface area contributed by atoms with Crippen LogP contribution in [0.5, 0.6) is 23.1 Å². The van der Waals surface area contributed by atoms with Crippen molar-refractivity contribution in [2.24, 2.45) is 0 Å². The Morgan fingerprint density at radius 3 is 2.05 bits per heavy atom. The first-order valence-electron chi connectivity index (χ1n) is 13.3. The zero-order valence-corrected chi connectivity index (χ0v) is 22.4. The molecule has 0 unspecified atom stereocenters. The molecule has 2 aromatic heterocycles. The maximum atomic E-state index is 12.7. The van der Waals surface area contributed by atoms with Crippen molar-refractivity contribution in [3.05, 3.63) is 108 Å². The Balaban J connectivity index is 1.04. The topological polar surface area (TPSA) is 73.8 Å². The first kappa shape index (κ1) is 26.2. The highest BCUT2D eigenvalue weighted by Crippen LogP contribution is 2.25. The van der Waals surface area contributed by atoms with Crippen LogP contribution in [0.1, 0.15) is 35.2 Å². The summed E-state index contributed by atoms with van der Waals surface area (Å²) in [5, 5.41) is 0. The molecule has 0 aliphatic carbocycles. The summed E-state index contributed by atoms with van der Waals surface area (Å²) in [5.41, 5.74) is 4.50. The first-order chi connectivity index (χ1) is 19.0. The van der Waals surface area contributed by atoms with Crippen LogP contribution in [-0.4, -0.2) is 40.2 Å². The van der Waals surface area contributed by atoms with Crippen LogP contribution in [-0.2, 0) is 12.8 Å². The lowest BCUT2D eigenvalue weighted by molar-refractivity contribution is 0.0930. The third-order valence-corrected chi connectivity index (χ3v) is 6.70. The summed E-state index contributed by atoms with van der Waals surface area (Å²) in [7, 11) is 0. The van der Waals surface area contributed by atoms with Gasteiger partial charge in [-0.1, -0.05) is 24.3 Å². The third-order valence-electron chi connectivity index (χ3n) is 6.70. The maximum Gasteiger partial charge on any atom is 0.415 e. The van der Waals surface area contributed by atoms with Crippen molar-refractivity contribution >= 4 is 6.09 Å². The molecule has 0 spiro atoms. The van der Waals surface area contributed by atoms with Gasteiger partial charge in [0.1, 0.15) is 23.4 Å². The van der Waals surface area contributed by atoms with Gasteiger partial charge in [0.2, 0.25) is 5.88 Å². The third kappa shape index (κ3) is 7.57. The van der Waals surface area contributed by atoms with E-state index in [1.54, 1.807) is 11.1 Å². The Hall–Kier alpha value is -4.39. The van der Waals surface area contributed by atoms with Crippen LogP contribution in [0.15, 0.2) is 85.2 Å². The van der Waals surface area contributed by atoms with Crippen molar-refractivity contribution in [1.82, 2.24) is 14.9 Å². The summed E-state index contributed by atoms with van der Waals surface area (Å²) in [6.07, 6.45) is 6.64. The molecule has 4 aromatic rings. The second-order valence-electron chi connectivity index (χ2n) is 9.89. The van der Waals surface area contributed by atoms with Gasteiger partial charge in [0, 0.05) is 50.1 Å². The van der Waals surface area contributed by atoms with Crippen LogP contribution in [0.2, 0.25) is 0 Å². The Morgan fingerprint density at radius 2 is 1.41 bits per heavy atom. The highest BCUT2D eigenvalue weighted by Gasteiger charge is 2.25. The van der Waals surface area contributed by atoms with Crippen molar-refractivity contribution < 1.29 is 19.0 Å². The van der Waals surface area contributed by atoms with Crippen molar-refractivity contribution in [2.75, 3.05) is 13.1 Å². The molecule has 2 aromatic carbocycles. The Kier molecular flexibility index (Phi) is 8.36. The maximum absolute atomic E-state index is 12.7. The molecule has 1 amide bonds. The fourth-order valence-corrected chi connectivity index (χ4v) is 4.38. The van der Waals surface area contributed by atoms with Crippen molar-refractivity contribution in [2.45, 2.75) is 45.6 Å². The number of likely N-dealkylation sites (tertiary alicyclic amines) is 1. The largest absolute Gasteiger partial charge is 0.490 e. The summed E-state index contributed by atoms with van der Waals surface area (Å²) >= 11 is 0.